The quantitative estimate of drug-likeness (QED) is 0.525. The van der Waals surface area contributed by atoms with E-state index in [1.807, 2.05) is 0 Å². The molecule has 0 heterocycles. The molecule has 1 rings (SSSR count). The predicted molar refractivity (Wildman–Crippen MR) is 35.4 cm³/mol. The Labute approximate surface area is 59.0 Å². The summed E-state index contributed by atoms with van der Waals surface area (Å²) in [5.74, 6) is -0.160. The smallest absolute Gasteiger partial charge is 0.164 e. The Morgan fingerprint density at radius 1 is 1.80 bits per heavy atom. The van der Waals surface area contributed by atoms with Crippen LogP contribution in [0.2, 0.25) is 0 Å². The number of aliphatic hydroxyl groups is 2. The third-order valence-corrected chi connectivity index (χ3v) is 1.53. The molecule has 3 nitrogen and oxygen atoms in total. The summed E-state index contributed by atoms with van der Waals surface area (Å²) in [6.07, 6.45) is 1.51. The Kier molecular flexibility index (Phi) is 1.62. The lowest BCUT2D eigenvalue weighted by atomic mass is 10.1. The van der Waals surface area contributed by atoms with E-state index in [9.17, 15) is 9.90 Å². The van der Waals surface area contributed by atoms with Crippen LogP contribution in [0.25, 0.3) is 0 Å². The van der Waals surface area contributed by atoms with Crippen LogP contribution in [0.5, 0.6) is 0 Å². The Hall–Kier alpha value is -0.670. The molecule has 0 aromatic heterocycles. The zero-order chi connectivity index (χ0) is 7.78. The van der Waals surface area contributed by atoms with Gasteiger partial charge in [0, 0.05) is 12.0 Å². The van der Waals surface area contributed by atoms with Crippen molar-refractivity contribution in [2.24, 2.45) is 0 Å². The van der Waals surface area contributed by atoms with Crippen molar-refractivity contribution in [2.75, 3.05) is 6.61 Å². The summed E-state index contributed by atoms with van der Waals surface area (Å²) in [5, 5.41) is 17.8. The van der Waals surface area contributed by atoms with E-state index in [-0.39, 0.29) is 18.8 Å². The van der Waals surface area contributed by atoms with Gasteiger partial charge in [-0.3, -0.25) is 4.79 Å². The summed E-state index contributed by atoms with van der Waals surface area (Å²) < 4.78 is 0. The van der Waals surface area contributed by atoms with Crippen LogP contribution in [0.1, 0.15) is 13.3 Å². The summed E-state index contributed by atoms with van der Waals surface area (Å²) in [5.41, 5.74) is -0.709. The fourth-order valence-electron chi connectivity index (χ4n) is 1.08. The monoisotopic (exact) mass is 142 g/mol. The first-order valence-corrected chi connectivity index (χ1v) is 3.13. The second kappa shape index (κ2) is 2.18. The molecule has 0 spiro atoms. The Morgan fingerprint density at radius 3 is 2.60 bits per heavy atom. The number of Topliss-reactive ketones (excluding diaryl/α,β-unsaturated/α-hetero) is 1. The van der Waals surface area contributed by atoms with Gasteiger partial charge in [-0.15, -0.1) is 0 Å². The van der Waals surface area contributed by atoms with E-state index >= 15 is 0 Å². The number of hydrogen-bond donors (Lipinski definition) is 2. The molecule has 2 N–H and O–H groups in total. The molecule has 0 amide bonds. The minimum atomic E-state index is -1.03. The van der Waals surface area contributed by atoms with Crippen molar-refractivity contribution in [3.63, 3.8) is 0 Å². The molecule has 1 aliphatic rings. The van der Waals surface area contributed by atoms with Gasteiger partial charge in [-0.05, 0) is 13.0 Å². The van der Waals surface area contributed by atoms with E-state index in [0.717, 1.165) is 0 Å². The molecule has 0 aromatic rings. The Bertz CT molecular complexity index is 191. The van der Waals surface area contributed by atoms with Crippen LogP contribution in [0.4, 0.5) is 0 Å². The molecule has 0 aliphatic heterocycles. The van der Waals surface area contributed by atoms with Crippen molar-refractivity contribution in [1.29, 1.82) is 0 Å². The van der Waals surface area contributed by atoms with Crippen LogP contribution < -0.4 is 0 Å². The highest BCUT2D eigenvalue weighted by Crippen LogP contribution is 2.23. The first kappa shape index (κ1) is 7.44. The second-order valence-corrected chi connectivity index (χ2v) is 2.78. The molecule has 0 saturated heterocycles. The zero-order valence-electron chi connectivity index (χ0n) is 5.79. The van der Waals surface area contributed by atoms with Crippen molar-refractivity contribution < 1.29 is 15.0 Å². The van der Waals surface area contributed by atoms with Gasteiger partial charge in [-0.2, -0.15) is 0 Å². The zero-order valence-corrected chi connectivity index (χ0v) is 5.79. The lowest BCUT2D eigenvalue weighted by Gasteiger charge is -2.09. The number of carbonyl (C=O) groups excluding carboxylic acids is 1. The molecular formula is C7H10O3. The topological polar surface area (TPSA) is 57.5 Å². The number of aliphatic hydroxyl groups excluding tert-OH is 1. The second-order valence-electron chi connectivity index (χ2n) is 2.78. The molecule has 10 heavy (non-hydrogen) atoms. The predicted octanol–water partition coefficient (Wildman–Crippen LogP) is -0.371. The summed E-state index contributed by atoms with van der Waals surface area (Å²) in [7, 11) is 0. The van der Waals surface area contributed by atoms with Gasteiger partial charge in [-0.1, -0.05) is 0 Å². The van der Waals surface area contributed by atoms with Gasteiger partial charge in [0.05, 0.1) is 12.2 Å². The largest absolute Gasteiger partial charge is 0.392 e. The maximum Gasteiger partial charge on any atom is 0.164 e. The van der Waals surface area contributed by atoms with Crippen LogP contribution in [-0.2, 0) is 4.79 Å². The minimum absolute atomic E-state index is 0.100. The molecule has 1 atom stereocenters. The van der Waals surface area contributed by atoms with Crippen LogP contribution in [0.15, 0.2) is 11.6 Å². The highest BCUT2D eigenvalue weighted by Gasteiger charge is 2.31. The molecule has 56 valence electrons. The number of carbonyl (C=O) groups is 1. The normalized spacial score (nSPS) is 32.7. The van der Waals surface area contributed by atoms with E-state index in [0.29, 0.717) is 5.57 Å². The van der Waals surface area contributed by atoms with E-state index < -0.39 is 5.60 Å². The Morgan fingerprint density at radius 2 is 2.40 bits per heavy atom. The number of ketones is 1. The van der Waals surface area contributed by atoms with Crippen molar-refractivity contribution in [1.82, 2.24) is 0 Å². The molecule has 0 saturated carbocycles. The van der Waals surface area contributed by atoms with Crippen molar-refractivity contribution in [3.05, 3.63) is 11.6 Å². The highest BCUT2D eigenvalue weighted by atomic mass is 16.3. The minimum Gasteiger partial charge on any atom is -0.392 e. The van der Waals surface area contributed by atoms with E-state index in [2.05, 4.69) is 0 Å². The molecule has 0 bridgehead atoms. The number of hydrogen-bond acceptors (Lipinski definition) is 3. The van der Waals surface area contributed by atoms with E-state index in [4.69, 9.17) is 5.11 Å². The van der Waals surface area contributed by atoms with E-state index in [1.165, 1.54) is 6.08 Å². The third kappa shape index (κ3) is 1.25. The third-order valence-electron chi connectivity index (χ3n) is 1.53. The SMILES string of the molecule is C[C@@]1(O)C=C(CO)C(=O)C1. The summed E-state index contributed by atoms with van der Waals surface area (Å²) in [4.78, 5) is 10.8. The van der Waals surface area contributed by atoms with Gasteiger partial charge in [0.2, 0.25) is 0 Å². The van der Waals surface area contributed by atoms with Gasteiger partial charge in [-0.25, -0.2) is 0 Å². The van der Waals surface area contributed by atoms with Crippen LogP contribution in [-0.4, -0.2) is 28.2 Å². The molecule has 3 heteroatoms. The molecule has 0 radical (unpaired) electrons. The van der Waals surface area contributed by atoms with Gasteiger partial charge in [0.25, 0.3) is 0 Å². The summed E-state index contributed by atoms with van der Waals surface area (Å²) in [6, 6.07) is 0. The lowest BCUT2D eigenvalue weighted by molar-refractivity contribution is -0.117. The van der Waals surface area contributed by atoms with Gasteiger partial charge >= 0.3 is 0 Å². The van der Waals surface area contributed by atoms with Crippen molar-refractivity contribution >= 4 is 5.78 Å². The molecule has 0 fully saturated rings. The Balaban J connectivity index is 2.82. The maximum atomic E-state index is 10.8. The first-order valence-electron chi connectivity index (χ1n) is 3.13. The molecule has 0 aromatic carbocycles. The first-order chi connectivity index (χ1) is 4.55. The molecule has 1 aliphatic carbocycles. The average Bonchev–Trinajstić information content (AvgIpc) is 2.05. The highest BCUT2D eigenvalue weighted by molar-refractivity contribution is 5.99. The average molecular weight is 142 g/mol. The fraction of sp³-hybridized carbons (Fsp3) is 0.571. The fourth-order valence-corrected chi connectivity index (χ4v) is 1.08. The van der Waals surface area contributed by atoms with Crippen molar-refractivity contribution in [3.8, 4) is 0 Å². The van der Waals surface area contributed by atoms with E-state index in [1.54, 1.807) is 6.92 Å². The molecule has 0 unspecified atom stereocenters. The van der Waals surface area contributed by atoms with Crippen LogP contribution in [0, 0.1) is 0 Å². The maximum absolute atomic E-state index is 10.8. The van der Waals surface area contributed by atoms with Gasteiger partial charge < -0.3 is 10.2 Å². The van der Waals surface area contributed by atoms with Crippen LogP contribution in [0.3, 0.4) is 0 Å². The molecular weight excluding hydrogens is 132 g/mol. The number of rotatable bonds is 1. The van der Waals surface area contributed by atoms with Crippen LogP contribution >= 0.6 is 0 Å². The van der Waals surface area contributed by atoms with Gasteiger partial charge in [0.15, 0.2) is 5.78 Å². The lowest BCUT2D eigenvalue weighted by Crippen LogP contribution is -2.18. The standard InChI is InChI=1S/C7H10O3/c1-7(10)2-5(4-8)6(9)3-7/h2,8,10H,3-4H2,1H3/t7-/m1/s1. The summed E-state index contributed by atoms with van der Waals surface area (Å²) in [6.45, 7) is 1.28. The summed E-state index contributed by atoms with van der Waals surface area (Å²) >= 11 is 0. The van der Waals surface area contributed by atoms with Crippen molar-refractivity contribution in [2.45, 2.75) is 18.9 Å². The van der Waals surface area contributed by atoms with Gasteiger partial charge in [0.1, 0.15) is 0 Å².